The Kier molecular flexibility index (Phi) is 7.29. The molecule has 1 N–H and O–H groups in total. The molecule has 0 radical (unpaired) electrons. The minimum Gasteiger partial charge on any atom is -0.493 e. The summed E-state index contributed by atoms with van der Waals surface area (Å²) in [5.41, 5.74) is 3.35. The van der Waals surface area contributed by atoms with Gasteiger partial charge in [0.05, 0.1) is 19.4 Å². The molecule has 0 aliphatic heterocycles. The standard InChI is InChI=1S/C16H24N2O3/c1-5-6-7-16(19)18-17-11-13-8-9-14(20-4)15(10-13)21-12(2)3/h8-12H,5-7H2,1-4H3,(H,18,19)/b17-11+. The van der Waals surface area contributed by atoms with E-state index in [4.69, 9.17) is 9.47 Å². The van der Waals surface area contributed by atoms with Crippen molar-refractivity contribution in [2.75, 3.05) is 7.11 Å². The van der Waals surface area contributed by atoms with Crippen LogP contribution in [0.4, 0.5) is 0 Å². The van der Waals surface area contributed by atoms with Crippen molar-refractivity contribution in [2.45, 2.75) is 46.1 Å². The van der Waals surface area contributed by atoms with Gasteiger partial charge in [0.1, 0.15) is 0 Å². The first-order chi connectivity index (χ1) is 10.1. The van der Waals surface area contributed by atoms with Crippen LogP contribution >= 0.6 is 0 Å². The fourth-order valence-electron chi connectivity index (χ4n) is 1.69. The Morgan fingerprint density at radius 2 is 2.14 bits per heavy atom. The van der Waals surface area contributed by atoms with Crippen molar-refractivity contribution in [1.29, 1.82) is 0 Å². The third-order valence-corrected chi connectivity index (χ3v) is 2.71. The van der Waals surface area contributed by atoms with E-state index in [0.717, 1.165) is 18.4 Å². The van der Waals surface area contributed by atoms with E-state index in [2.05, 4.69) is 10.5 Å². The highest BCUT2D eigenvalue weighted by Gasteiger charge is 2.07. The van der Waals surface area contributed by atoms with Crippen LogP contribution in [0.3, 0.4) is 0 Å². The highest BCUT2D eigenvalue weighted by Crippen LogP contribution is 2.28. The normalized spacial score (nSPS) is 10.9. The minimum atomic E-state index is -0.0692. The van der Waals surface area contributed by atoms with Crippen molar-refractivity contribution >= 4 is 12.1 Å². The fourth-order valence-corrected chi connectivity index (χ4v) is 1.69. The molecule has 0 aliphatic rings. The summed E-state index contributed by atoms with van der Waals surface area (Å²) in [6, 6.07) is 5.51. The molecule has 1 amide bonds. The Balaban J connectivity index is 2.68. The van der Waals surface area contributed by atoms with Crippen molar-refractivity contribution < 1.29 is 14.3 Å². The first-order valence-electron chi connectivity index (χ1n) is 7.23. The van der Waals surface area contributed by atoms with E-state index in [9.17, 15) is 4.79 Å². The van der Waals surface area contributed by atoms with Gasteiger partial charge in [0, 0.05) is 6.42 Å². The summed E-state index contributed by atoms with van der Waals surface area (Å²) >= 11 is 0. The van der Waals surface area contributed by atoms with E-state index in [1.807, 2.05) is 39.0 Å². The molecule has 21 heavy (non-hydrogen) atoms. The second-order valence-corrected chi connectivity index (χ2v) is 4.97. The predicted octanol–water partition coefficient (Wildman–Crippen LogP) is 3.12. The van der Waals surface area contributed by atoms with Crippen LogP contribution < -0.4 is 14.9 Å². The number of carbonyl (C=O) groups is 1. The van der Waals surface area contributed by atoms with Crippen LogP contribution in [-0.4, -0.2) is 25.3 Å². The summed E-state index contributed by atoms with van der Waals surface area (Å²) in [4.78, 5) is 11.4. The summed E-state index contributed by atoms with van der Waals surface area (Å²) in [6.45, 7) is 5.95. The van der Waals surface area contributed by atoms with Gasteiger partial charge in [-0.1, -0.05) is 13.3 Å². The zero-order valence-corrected chi connectivity index (χ0v) is 13.2. The molecule has 0 fully saturated rings. The van der Waals surface area contributed by atoms with Crippen LogP contribution in [0.5, 0.6) is 11.5 Å². The van der Waals surface area contributed by atoms with Gasteiger partial charge in [-0.25, -0.2) is 5.43 Å². The first kappa shape index (κ1) is 17.0. The van der Waals surface area contributed by atoms with Gasteiger partial charge in [-0.05, 0) is 44.0 Å². The van der Waals surface area contributed by atoms with Crippen molar-refractivity contribution in [3.63, 3.8) is 0 Å². The number of ether oxygens (including phenoxy) is 2. The van der Waals surface area contributed by atoms with Crippen LogP contribution in [0, 0.1) is 0 Å². The molecule has 0 unspecified atom stereocenters. The van der Waals surface area contributed by atoms with Gasteiger partial charge in [0.2, 0.25) is 5.91 Å². The van der Waals surface area contributed by atoms with Gasteiger partial charge in [-0.15, -0.1) is 0 Å². The Hall–Kier alpha value is -2.04. The van der Waals surface area contributed by atoms with Crippen LogP contribution in [0.15, 0.2) is 23.3 Å². The van der Waals surface area contributed by atoms with Gasteiger partial charge in [0.15, 0.2) is 11.5 Å². The molecule has 1 aromatic rings. The van der Waals surface area contributed by atoms with Crippen molar-refractivity contribution in [1.82, 2.24) is 5.43 Å². The van der Waals surface area contributed by atoms with E-state index in [1.165, 1.54) is 0 Å². The quantitative estimate of drug-likeness (QED) is 0.591. The summed E-state index contributed by atoms with van der Waals surface area (Å²) in [6.07, 6.45) is 4.01. The lowest BCUT2D eigenvalue weighted by atomic mass is 10.2. The average Bonchev–Trinajstić information content (AvgIpc) is 2.45. The van der Waals surface area contributed by atoms with Crippen LogP contribution in [-0.2, 0) is 4.79 Å². The van der Waals surface area contributed by atoms with Gasteiger partial charge >= 0.3 is 0 Å². The Labute approximate surface area is 126 Å². The second kappa shape index (κ2) is 9.00. The molecule has 0 saturated carbocycles. The molecule has 1 aromatic carbocycles. The molecule has 0 saturated heterocycles. The minimum absolute atomic E-state index is 0.0554. The number of amides is 1. The predicted molar refractivity (Wildman–Crippen MR) is 84.0 cm³/mol. The first-order valence-corrected chi connectivity index (χ1v) is 7.23. The lowest BCUT2D eigenvalue weighted by Crippen LogP contribution is -2.16. The summed E-state index contributed by atoms with van der Waals surface area (Å²) < 4.78 is 10.9. The van der Waals surface area contributed by atoms with Gasteiger partial charge < -0.3 is 9.47 Å². The number of unbranched alkanes of at least 4 members (excludes halogenated alkanes) is 1. The smallest absolute Gasteiger partial charge is 0.240 e. The molecule has 5 nitrogen and oxygen atoms in total. The molecule has 1 rings (SSSR count). The highest BCUT2D eigenvalue weighted by atomic mass is 16.5. The number of hydrogen-bond donors (Lipinski definition) is 1. The fraction of sp³-hybridized carbons (Fsp3) is 0.500. The molecule has 5 heteroatoms. The molecule has 0 heterocycles. The third-order valence-electron chi connectivity index (χ3n) is 2.71. The molecular weight excluding hydrogens is 268 g/mol. The lowest BCUT2D eigenvalue weighted by molar-refractivity contribution is -0.121. The number of hydrogen-bond acceptors (Lipinski definition) is 4. The topological polar surface area (TPSA) is 59.9 Å². The molecule has 0 aliphatic carbocycles. The van der Waals surface area contributed by atoms with Crippen molar-refractivity contribution in [2.24, 2.45) is 5.10 Å². The second-order valence-electron chi connectivity index (χ2n) is 4.97. The number of benzene rings is 1. The van der Waals surface area contributed by atoms with E-state index < -0.39 is 0 Å². The maximum Gasteiger partial charge on any atom is 0.240 e. The lowest BCUT2D eigenvalue weighted by Gasteiger charge is -2.13. The molecule has 0 bridgehead atoms. The summed E-state index contributed by atoms with van der Waals surface area (Å²) in [5.74, 6) is 1.27. The molecule has 116 valence electrons. The van der Waals surface area contributed by atoms with E-state index >= 15 is 0 Å². The third kappa shape index (κ3) is 6.29. The monoisotopic (exact) mass is 292 g/mol. The zero-order valence-electron chi connectivity index (χ0n) is 13.2. The van der Waals surface area contributed by atoms with Gasteiger partial charge in [-0.2, -0.15) is 5.10 Å². The molecule has 0 spiro atoms. The van der Waals surface area contributed by atoms with E-state index in [1.54, 1.807) is 13.3 Å². The largest absolute Gasteiger partial charge is 0.493 e. The maximum atomic E-state index is 11.4. The van der Waals surface area contributed by atoms with Crippen LogP contribution in [0.2, 0.25) is 0 Å². The van der Waals surface area contributed by atoms with Crippen molar-refractivity contribution in [3.05, 3.63) is 23.8 Å². The number of nitrogens with one attached hydrogen (secondary N) is 1. The van der Waals surface area contributed by atoms with Gasteiger partial charge in [0.25, 0.3) is 0 Å². The molecular formula is C16H24N2O3. The Morgan fingerprint density at radius 1 is 1.38 bits per heavy atom. The highest BCUT2D eigenvalue weighted by molar-refractivity contribution is 5.83. The van der Waals surface area contributed by atoms with Crippen LogP contribution in [0.1, 0.15) is 45.6 Å². The van der Waals surface area contributed by atoms with Crippen molar-refractivity contribution in [3.8, 4) is 11.5 Å². The summed E-state index contributed by atoms with van der Waals surface area (Å²) in [5, 5.41) is 3.95. The zero-order chi connectivity index (χ0) is 15.7. The maximum absolute atomic E-state index is 11.4. The SMILES string of the molecule is CCCCC(=O)N/N=C/c1ccc(OC)c(OC(C)C)c1. The van der Waals surface area contributed by atoms with Crippen LogP contribution in [0.25, 0.3) is 0 Å². The number of carbonyl (C=O) groups excluding carboxylic acids is 1. The van der Waals surface area contributed by atoms with E-state index in [0.29, 0.717) is 17.9 Å². The number of hydrazone groups is 1. The van der Waals surface area contributed by atoms with Gasteiger partial charge in [-0.3, -0.25) is 4.79 Å². The Morgan fingerprint density at radius 3 is 2.76 bits per heavy atom. The molecule has 0 aromatic heterocycles. The number of rotatable bonds is 8. The van der Waals surface area contributed by atoms with E-state index in [-0.39, 0.29) is 12.0 Å². The molecule has 0 atom stereocenters. The average molecular weight is 292 g/mol. The number of methoxy groups -OCH3 is 1. The summed E-state index contributed by atoms with van der Waals surface area (Å²) in [7, 11) is 1.60. The Bertz CT molecular complexity index is 484. The number of nitrogens with zero attached hydrogens (tertiary/aromatic N) is 1.